The highest BCUT2D eigenvalue weighted by molar-refractivity contribution is 6.34. The second-order valence-electron chi connectivity index (χ2n) is 7.48. The number of carbonyl (C=O) groups is 3. The lowest BCUT2D eigenvalue weighted by Crippen LogP contribution is -2.49. The van der Waals surface area contributed by atoms with Crippen LogP contribution in [0.1, 0.15) is 15.9 Å². The van der Waals surface area contributed by atoms with Gasteiger partial charge in [-0.2, -0.15) is 0 Å². The number of hydrogen-bond donors (Lipinski definition) is 1. The number of nitrogens with one attached hydrogen (secondary N) is 1. The lowest BCUT2D eigenvalue weighted by atomic mass is 10.1. The molecule has 1 N–H and O–H groups in total. The van der Waals surface area contributed by atoms with Gasteiger partial charge in [-0.15, -0.1) is 0 Å². The summed E-state index contributed by atoms with van der Waals surface area (Å²) in [5, 5.41) is 3.42. The van der Waals surface area contributed by atoms with E-state index in [0.717, 1.165) is 11.6 Å². The minimum absolute atomic E-state index is 0.0128. The molecule has 33 heavy (non-hydrogen) atoms. The molecule has 3 rings (SSSR count). The number of benzene rings is 2. The van der Waals surface area contributed by atoms with E-state index >= 15 is 0 Å². The Morgan fingerprint density at radius 2 is 1.64 bits per heavy atom. The molecular weight excluding hydrogens is 446 g/mol. The Labute approximate surface area is 197 Å². The topological polar surface area (TPSA) is 88.2 Å². The van der Waals surface area contributed by atoms with Crippen molar-refractivity contribution < 1.29 is 23.9 Å². The molecule has 9 heteroatoms. The number of nitrogens with zero attached hydrogens (tertiary/aromatic N) is 2. The zero-order valence-electron chi connectivity index (χ0n) is 18.8. The summed E-state index contributed by atoms with van der Waals surface area (Å²) in [6.07, 6.45) is 1.02. The lowest BCUT2D eigenvalue weighted by molar-refractivity contribution is -0.138. The quantitative estimate of drug-likeness (QED) is 0.511. The normalized spacial score (nSPS) is 14.0. The SMILES string of the molecule is COC(=O)/C=C(/Nc1cccc(Cl)c1N1CCN(C(=O)c2ccc(C)cc2)CC1)C(=O)OC. The maximum atomic E-state index is 12.8. The molecule has 0 unspecified atom stereocenters. The van der Waals surface area contributed by atoms with E-state index in [-0.39, 0.29) is 11.6 Å². The minimum atomic E-state index is -0.722. The first-order valence-corrected chi connectivity index (χ1v) is 10.8. The van der Waals surface area contributed by atoms with E-state index < -0.39 is 11.9 Å². The average molecular weight is 472 g/mol. The molecule has 8 nitrogen and oxygen atoms in total. The molecule has 0 aromatic heterocycles. The van der Waals surface area contributed by atoms with Crippen molar-refractivity contribution in [1.82, 2.24) is 4.90 Å². The molecule has 0 bridgehead atoms. The van der Waals surface area contributed by atoms with Crippen molar-refractivity contribution in [3.8, 4) is 0 Å². The number of esters is 2. The first-order valence-electron chi connectivity index (χ1n) is 10.4. The van der Waals surface area contributed by atoms with E-state index in [2.05, 4.69) is 10.1 Å². The summed E-state index contributed by atoms with van der Waals surface area (Å²) in [6.45, 7) is 4.10. The van der Waals surface area contributed by atoms with Crippen molar-refractivity contribution in [3.05, 3.63) is 70.4 Å². The molecule has 2 aromatic carbocycles. The van der Waals surface area contributed by atoms with Gasteiger partial charge in [0.25, 0.3) is 5.91 Å². The highest BCUT2D eigenvalue weighted by atomic mass is 35.5. The summed E-state index contributed by atoms with van der Waals surface area (Å²) in [4.78, 5) is 40.5. The zero-order chi connectivity index (χ0) is 24.0. The fourth-order valence-corrected chi connectivity index (χ4v) is 3.82. The smallest absolute Gasteiger partial charge is 0.354 e. The molecule has 174 valence electrons. The van der Waals surface area contributed by atoms with Gasteiger partial charge in [-0.3, -0.25) is 4.79 Å². The molecule has 1 saturated heterocycles. The largest absolute Gasteiger partial charge is 0.466 e. The van der Waals surface area contributed by atoms with Crippen molar-refractivity contribution in [2.24, 2.45) is 0 Å². The van der Waals surface area contributed by atoms with Crippen LogP contribution in [0.2, 0.25) is 5.02 Å². The van der Waals surface area contributed by atoms with E-state index in [9.17, 15) is 14.4 Å². The first kappa shape index (κ1) is 24.1. The van der Waals surface area contributed by atoms with Gasteiger partial charge in [-0.1, -0.05) is 35.4 Å². The van der Waals surface area contributed by atoms with Crippen LogP contribution in [0.15, 0.2) is 54.2 Å². The Balaban J connectivity index is 1.78. The number of hydrogen-bond acceptors (Lipinski definition) is 7. The highest BCUT2D eigenvalue weighted by Gasteiger charge is 2.25. The van der Waals surface area contributed by atoms with Gasteiger partial charge < -0.3 is 24.6 Å². The number of methoxy groups -OCH3 is 2. The molecule has 0 spiro atoms. The molecule has 1 amide bonds. The molecule has 1 heterocycles. The second-order valence-corrected chi connectivity index (χ2v) is 7.89. The monoisotopic (exact) mass is 471 g/mol. The summed E-state index contributed by atoms with van der Waals surface area (Å²) in [5.41, 5.74) is 2.87. The molecular formula is C24H26ClN3O5. The van der Waals surface area contributed by atoms with Crippen molar-refractivity contribution in [2.75, 3.05) is 50.6 Å². The lowest BCUT2D eigenvalue weighted by Gasteiger charge is -2.37. The first-order chi connectivity index (χ1) is 15.8. The van der Waals surface area contributed by atoms with Crippen LogP contribution in [-0.4, -0.2) is 63.1 Å². The number of ether oxygens (including phenoxy) is 2. The van der Waals surface area contributed by atoms with Gasteiger partial charge in [0.05, 0.1) is 36.7 Å². The van der Waals surface area contributed by atoms with E-state index in [1.165, 1.54) is 14.2 Å². The molecule has 2 aromatic rings. The van der Waals surface area contributed by atoms with Crippen LogP contribution >= 0.6 is 11.6 Å². The summed E-state index contributed by atoms with van der Waals surface area (Å²) in [7, 11) is 2.44. The number of rotatable bonds is 6. The number of carbonyl (C=O) groups excluding carboxylic acids is 3. The Bertz CT molecular complexity index is 1060. The predicted octanol–water partition coefficient (Wildman–Crippen LogP) is 3.25. The van der Waals surface area contributed by atoms with Gasteiger partial charge in [0.2, 0.25) is 0 Å². The van der Waals surface area contributed by atoms with E-state index in [1.807, 2.05) is 41.0 Å². The molecule has 0 aliphatic carbocycles. The average Bonchev–Trinajstić information content (AvgIpc) is 2.83. The summed E-state index contributed by atoms with van der Waals surface area (Å²) in [6, 6.07) is 12.7. The van der Waals surface area contributed by atoms with E-state index in [0.29, 0.717) is 48.1 Å². The third-order valence-electron chi connectivity index (χ3n) is 5.31. The maximum absolute atomic E-state index is 12.8. The number of anilines is 2. The van der Waals surface area contributed by atoms with Crippen LogP contribution in [0.5, 0.6) is 0 Å². The minimum Gasteiger partial charge on any atom is -0.466 e. The van der Waals surface area contributed by atoms with Crippen LogP contribution in [0.3, 0.4) is 0 Å². The molecule has 1 aliphatic rings. The van der Waals surface area contributed by atoms with Crippen LogP contribution in [0.4, 0.5) is 11.4 Å². The molecule has 1 fully saturated rings. The molecule has 1 aliphatic heterocycles. The van der Waals surface area contributed by atoms with Crippen molar-refractivity contribution in [2.45, 2.75) is 6.92 Å². The van der Waals surface area contributed by atoms with Crippen molar-refractivity contribution >= 4 is 40.8 Å². The van der Waals surface area contributed by atoms with Crippen LogP contribution in [0, 0.1) is 6.92 Å². The van der Waals surface area contributed by atoms with Crippen LogP contribution < -0.4 is 10.2 Å². The van der Waals surface area contributed by atoms with Gasteiger partial charge in [-0.25, -0.2) is 9.59 Å². The number of halogens is 1. The Morgan fingerprint density at radius 1 is 0.970 bits per heavy atom. The molecule has 0 radical (unpaired) electrons. The third kappa shape index (κ3) is 5.84. The zero-order valence-corrected chi connectivity index (χ0v) is 19.5. The summed E-state index contributed by atoms with van der Waals surface area (Å²) < 4.78 is 9.39. The second kappa shape index (κ2) is 10.9. The van der Waals surface area contributed by atoms with Crippen LogP contribution in [-0.2, 0) is 19.1 Å². The predicted molar refractivity (Wildman–Crippen MR) is 126 cm³/mol. The van der Waals surface area contributed by atoms with Crippen LogP contribution in [0.25, 0.3) is 0 Å². The van der Waals surface area contributed by atoms with Gasteiger partial charge in [0.15, 0.2) is 0 Å². The van der Waals surface area contributed by atoms with Crippen molar-refractivity contribution in [1.29, 1.82) is 0 Å². The van der Waals surface area contributed by atoms with E-state index in [1.54, 1.807) is 18.2 Å². The van der Waals surface area contributed by atoms with E-state index in [4.69, 9.17) is 16.3 Å². The molecule has 0 saturated carbocycles. The third-order valence-corrected chi connectivity index (χ3v) is 5.61. The summed E-state index contributed by atoms with van der Waals surface area (Å²) in [5.74, 6) is -1.43. The maximum Gasteiger partial charge on any atom is 0.354 e. The fraction of sp³-hybridized carbons (Fsp3) is 0.292. The highest BCUT2D eigenvalue weighted by Crippen LogP contribution is 2.35. The van der Waals surface area contributed by atoms with Gasteiger partial charge >= 0.3 is 11.9 Å². The number of aryl methyl sites for hydroxylation is 1. The Hall–Kier alpha value is -3.52. The van der Waals surface area contributed by atoms with Crippen molar-refractivity contribution in [3.63, 3.8) is 0 Å². The van der Waals surface area contributed by atoms with Gasteiger partial charge in [0.1, 0.15) is 5.70 Å². The number of piperazine rings is 1. The summed E-state index contributed by atoms with van der Waals surface area (Å²) >= 11 is 6.51. The van der Waals surface area contributed by atoms with Gasteiger partial charge in [0, 0.05) is 31.7 Å². The fourth-order valence-electron chi connectivity index (χ4n) is 3.53. The Kier molecular flexibility index (Phi) is 7.95. The number of para-hydroxylation sites is 1. The Morgan fingerprint density at radius 3 is 2.24 bits per heavy atom. The van der Waals surface area contributed by atoms with Gasteiger partial charge in [-0.05, 0) is 31.2 Å². The number of amides is 1. The molecule has 0 atom stereocenters. The standard InChI is InChI=1S/C24H26ClN3O5/c1-16-7-9-17(10-8-16)23(30)28-13-11-27(12-14-28)22-18(25)5-4-6-19(22)26-20(24(31)33-3)15-21(29)32-2/h4-10,15,26H,11-14H2,1-3H3/b20-15+.